The molecule has 0 aliphatic heterocycles. The predicted molar refractivity (Wildman–Crippen MR) is 87.0 cm³/mol. The second-order valence-electron chi connectivity index (χ2n) is 5.31. The van der Waals surface area contributed by atoms with Gasteiger partial charge in [0.15, 0.2) is 0 Å². The number of pyridine rings is 1. The molecule has 0 fully saturated rings. The van der Waals surface area contributed by atoms with Crippen molar-refractivity contribution >= 4 is 20.9 Å². The maximum atomic E-state index is 11.3. The van der Waals surface area contributed by atoms with E-state index in [1.165, 1.54) is 0 Å². The first-order chi connectivity index (χ1) is 10.5. The number of hydrogen-bond donors (Lipinski definition) is 2. The van der Waals surface area contributed by atoms with Crippen LogP contribution in [0.3, 0.4) is 0 Å². The highest BCUT2D eigenvalue weighted by Crippen LogP contribution is 2.29. The van der Waals surface area contributed by atoms with E-state index in [2.05, 4.69) is 16.0 Å². The number of hydrogen-bond acceptors (Lipinski definition) is 3. The van der Waals surface area contributed by atoms with Gasteiger partial charge in [0.1, 0.15) is 0 Å². The van der Waals surface area contributed by atoms with Gasteiger partial charge in [-0.05, 0) is 35.6 Å². The molecule has 2 aromatic heterocycles. The van der Waals surface area contributed by atoms with E-state index < -0.39 is 10.0 Å². The number of sulfonamides is 1. The lowest BCUT2D eigenvalue weighted by Gasteiger charge is -2.15. The number of nitrogens with zero attached hydrogens (tertiary/aromatic N) is 1. The standard InChI is InChI=1S/C16H17N3O2S/c17-22(20,21)9-7-14(13-5-3-8-18-11-13)16-10-12-4-1-2-6-15(12)19-16/h1-6,8,10-11,14,19H,7,9H2,(H2,17,20,21). The number of nitrogens with one attached hydrogen (secondary N) is 1. The van der Waals surface area contributed by atoms with Gasteiger partial charge < -0.3 is 4.98 Å². The van der Waals surface area contributed by atoms with Crippen LogP contribution < -0.4 is 5.14 Å². The summed E-state index contributed by atoms with van der Waals surface area (Å²) in [7, 11) is -3.50. The zero-order valence-electron chi connectivity index (χ0n) is 11.9. The number of primary sulfonamides is 1. The zero-order chi connectivity index (χ0) is 15.6. The van der Waals surface area contributed by atoms with E-state index in [0.29, 0.717) is 6.42 Å². The number of aromatic amines is 1. The minimum atomic E-state index is -3.50. The molecule has 2 heterocycles. The minimum Gasteiger partial charge on any atom is -0.358 e. The van der Waals surface area contributed by atoms with Gasteiger partial charge in [0, 0.05) is 29.5 Å². The van der Waals surface area contributed by atoms with E-state index in [-0.39, 0.29) is 11.7 Å². The molecule has 0 amide bonds. The highest BCUT2D eigenvalue weighted by Gasteiger charge is 2.19. The molecule has 6 heteroatoms. The third-order valence-corrected chi connectivity index (χ3v) is 4.51. The van der Waals surface area contributed by atoms with Gasteiger partial charge in [-0.25, -0.2) is 13.6 Å². The van der Waals surface area contributed by atoms with Crippen LogP contribution in [0.2, 0.25) is 0 Å². The summed E-state index contributed by atoms with van der Waals surface area (Å²) in [5.74, 6) is -0.151. The largest absolute Gasteiger partial charge is 0.358 e. The van der Waals surface area contributed by atoms with Gasteiger partial charge in [0.05, 0.1) is 5.75 Å². The third-order valence-electron chi connectivity index (χ3n) is 3.70. The number of rotatable bonds is 5. The molecule has 3 rings (SSSR count). The van der Waals surface area contributed by atoms with Gasteiger partial charge in [0.2, 0.25) is 10.0 Å². The van der Waals surface area contributed by atoms with Gasteiger partial charge in [-0.1, -0.05) is 24.3 Å². The van der Waals surface area contributed by atoms with E-state index in [1.54, 1.807) is 12.4 Å². The van der Waals surface area contributed by atoms with Crippen LogP contribution in [-0.4, -0.2) is 24.1 Å². The van der Waals surface area contributed by atoms with Gasteiger partial charge in [0.25, 0.3) is 0 Å². The molecule has 0 radical (unpaired) electrons. The SMILES string of the molecule is NS(=O)(=O)CCC(c1cccnc1)c1cc2ccccc2[nH]1. The summed E-state index contributed by atoms with van der Waals surface area (Å²) in [5.41, 5.74) is 2.97. The van der Waals surface area contributed by atoms with Crippen LogP contribution in [0.4, 0.5) is 0 Å². The van der Waals surface area contributed by atoms with Crippen molar-refractivity contribution < 1.29 is 8.42 Å². The highest BCUT2D eigenvalue weighted by atomic mass is 32.2. The number of nitrogens with two attached hydrogens (primary N) is 1. The van der Waals surface area contributed by atoms with Crippen LogP contribution in [0.1, 0.15) is 23.6 Å². The fraction of sp³-hybridized carbons (Fsp3) is 0.188. The van der Waals surface area contributed by atoms with Crippen molar-refractivity contribution in [1.82, 2.24) is 9.97 Å². The molecule has 114 valence electrons. The average Bonchev–Trinajstić information content (AvgIpc) is 2.91. The molecule has 1 atom stereocenters. The van der Waals surface area contributed by atoms with Crippen molar-refractivity contribution in [2.75, 3.05) is 5.75 Å². The van der Waals surface area contributed by atoms with Crippen molar-refractivity contribution in [2.45, 2.75) is 12.3 Å². The Kier molecular flexibility index (Phi) is 3.96. The van der Waals surface area contributed by atoms with E-state index in [4.69, 9.17) is 5.14 Å². The Balaban J connectivity index is 2.00. The monoisotopic (exact) mass is 315 g/mol. The van der Waals surface area contributed by atoms with Crippen molar-refractivity contribution in [1.29, 1.82) is 0 Å². The predicted octanol–water partition coefficient (Wildman–Crippen LogP) is 2.37. The summed E-state index contributed by atoms with van der Waals surface area (Å²) >= 11 is 0. The van der Waals surface area contributed by atoms with E-state index in [9.17, 15) is 8.42 Å². The Hall–Kier alpha value is -2.18. The summed E-state index contributed by atoms with van der Waals surface area (Å²) in [5, 5.41) is 6.26. The first-order valence-electron chi connectivity index (χ1n) is 7.01. The maximum absolute atomic E-state index is 11.3. The second-order valence-corrected chi connectivity index (χ2v) is 7.04. The van der Waals surface area contributed by atoms with Crippen molar-refractivity contribution in [3.05, 3.63) is 66.1 Å². The lowest BCUT2D eigenvalue weighted by molar-refractivity contribution is 0.591. The lowest BCUT2D eigenvalue weighted by Crippen LogP contribution is -2.19. The molecule has 1 unspecified atom stereocenters. The summed E-state index contributed by atoms with van der Waals surface area (Å²) in [4.78, 5) is 7.50. The first-order valence-corrected chi connectivity index (χ1v) is 8.72. The Bertz CT molecular complexity index is 840. The molecule has 0 spiro atoms. The maximum Gasteiger partial charge on any atom is 0.209 e. The lowest BCUT2D eigenvalue weighted by atomic mass is 9.94. The second kappa shape index (κ2) is 5.90. The Morgan fingerprint density at radius 3 is 2.68 bits per heavy atom. The average molecular weight is 315 g/mol. The molecule has 3 N–H and O–H groups in total. The molecule has 0 aliphatic carbocycles. The van der Waals surface area contributed by atoms with E-state index in [1.807, 2.05) is 36.4 Å². The molecule has 0 saturated carbocycles. The molecule has 22 heavy (non-hydrogen) atoms. The molecule has 0 saturated heterocycles. The number of para-hydroxylation sites is 1. The quantitative estimate of drug-likeness (QED) is 0.757. The van der Waals surface area contributed by atoms with Crippen LogP contribution in [0, 0.1) is 0 Å². The number of H-pyrrole nitrogens is 1. The molecule has 5 nitrogen and oxygen atoms in total. The number of aromatic nitrogens is 2. The van der Waals surface area contributed by atoms with Gasteiger partial charge in [-0.3, -0.25) is 4.98 Å². The smallest absolute Gasteiger partial charge is 0.209 e. The van der Waals surface area contributed by atoms with E-state index >= 15 is 0 Å². The van der Waals surface area contributed by atoms with Crippen LogP contribution in [0.5, 0.6) is 0 Å². The minimum absolute atomic E-state index is 0.0675. The molecule has 0 aliphatic rings. The van der Waals surface area contributed by atoms with Crippen LogP contribution in [0.15, 0.2) is 54.9 Å². The molecular formula is C16H17N3O2S. The zero-order valence-corrected chi connectivity index (χ0v) is 12.8. The molecule has 0 bridgehead atoms. The van der Waals surface area contributed by atoms with Gasteiger partial charge in [-0.15, -0.1) is 0 Å². The summed E-state index contributed by atoms with van der Waals surface area (Å²) in [6.07, 6.45) is 3.88. The van der Waals surface area contributed by atoms with Crippen molar-refractivity contribution in [3.8, 4) is 0 Å². The van der Waals surface area contributed by atoms with Crippen molar-refractivity contribution in [3.63, 3.8) is 0 Å². The first kappa shape index (κ1) is 14.7. The summed E-state index contributed by atoms with van der Waals surface area (Å²) in [6, 6.07) is 13.8. The molecular weight excluding hydrogens is 298 g/mol. The van der Waals surface area contributed by atoms with Crippen LogP contribution >= 0.6 is 0 Å². The van der Waals surface area contributed by atoms with Crippen molar-refractivity contribution in [2.24, 2.45) is 5.14 Å². The number of fused-ring (bicyclic) bond motifs is 1. The van der Waals surface area contributed by atoms with Crippen LogP contribution in [-0.2, 0) is 10.0 Å². The highest BCUT2D eigenvalue weighted by molar-refractivity contribution is 7.89. The fourth-order valence-corrected chi connectivity index (χ4v) is 3.21. The normalized spacial score (nSPS) is 13.3. The van der Waals surface area contributed by atoms with Gasteiger partial charge in [-0.2, -0.15) is 0 Å². The summed E-state index contributed by atoms with van der Waals surface area (Å²) < 4.78 is 22.6. The van der Waals surface area contributed by atoms with E-state index in [0.717, 1.165) is 22.2 Å². The van der Waals surface area contributed by atoms with Crippen LogP contribution in [0.25, 0.3) is 10.9 Å². The topological polar surface area (TPSA) is 88.8 Å². The third kappa shape index (κ3) is 3.35. The van der Waals surface area contributed by atoms with Gasteiger partial charge >= 0.3 is 0 Å². The Morgan fingerprint density at radius 1 is 1.18 bits per heavy atom. The number of benzene rings is 1. The molecule has 1 aromatic carbocycles. The summed E-state index contributed by atoms with van der Waals surface area (Å²) in [6.45, 7) is 0. The fourth-order valence-electron chi connectivity index (χ4n) is 2.65. The molecule has 3 aromatic rings. The Morgan fingerprint density at radius 2 is 2.00 bits per heavy atom. The Labute approximate surface area is 129 Å².